The molecule has 1 aliphatic rings. The zero-order valence-electron chi connectivity index (χ0n) is 12.3. The lowest BCUT2D eigenvalue weighted by Crippen LogP contribution is -2.48. The first-order chi connectivity index (χ1) is 9.15. The molecule has 3 unspecified atom stereocenters. The number of rotatable bonds is 5. The van der Waals surface area contributed by atoms with E-state index in [2.05, 4.69) is 49.9 Å². The van der Waals surface area contributed by atoms with Crippen molar-refractivity contribution in [3.63, 3.8) is 0 Å². The van der Waals surface area contributed by atoms with Gasteiger partial charge in [-0.2, -0.15) is 0 Å². The van der Waals surface area contributed by atoms with Crippen molar-refractivity contribution in [2.45, 2.75) is 51.9 Å². The summed E-state index contributed by atoms with van der Waals surface area (Å²) in [6.45, 7) is 8.06. The fraction of sp³-hybridized carbons (Fsp3) is 0.625. The summed E-state index contributed by atoms with van der Waals surface area (Å²) in [5.41, 5.74) is 8.56. The Hall–Kier alpha value is -1.06. The van der Waals surface area contributed by atoms with Gasteiger partial charge >= 0.3 is 0 Å². The molecule has 3 nitrogen and oxygen atoms in total. The lowest BCUT2D eigenvalue weighted by Gasteiger charge is -2.35. The molecule has 2 N–H and O–H groups in total. The van der Waals surface area contributed by atoms with Crippen LogP contribution in [0, 0.1) is 6.92 Å². The van der Waals surface area contributed by atoms with E-state index in [9.17, 15) is 0 Å². The highest BCUT2D eigenvalue weighted by atomic mass is 16.5. The summed E-state index contributed by atoms with van der Waals surface area (Å²) < 4.78 is 6.03. The van der Waals surface area contributed by atoms with Crippen LogP contribution in [-0.2, 0) is 4.74 Å². The maximum Gasteiger partial charge on any atom is 0.0795 e. The van der Waals surface area contributed by atoms with Crippen LogP contribution >= 0.6 is 0 Å². The normalized spacial score (nSPS) is 24.4. The van der Waals surface area contributed by atoms with Crippen molar-refractivity contribution in [2.24, 2.45) is 5.73 Å². The van der Waals surface area contributed by atoms with Gasteiger partial charge in [-0.25, -0.2) is 0 Å². The Morgan fingerprint density at radius 3 is 2.74 bits per heavy atom. The van der Waals surface area contributed by atoms with Crippen LogP contribution in [0.2, 0.25) is 0 Å². The lowest BCUT2D eigenvalue weighted by atomic mass is 10.0. The summed E-state index contributed by atoms with van der Waals surface area (Å²) in [7, 11) is 0. The molecular weight excluding hydrogens is 236 g/mol. The van der Waals surface area contributed by atoms with Gasteiger partial charge in [-0.3, -0.25) is 0 Å². The predicted octanol–water partition coefficient (Wildman–Crippen LogP) is 2.72. The van der Waals surface area contributed by atoms with E-state index in [0.29, 0.717) is 12.6 Å². The number of aryl methyl sites for hydroxylation is 1. The number of hydrogen-bond donors (Lipinski definition) is 1. The van der Waals surface area contributed by atoms with Crippen molar-refractivity contribution in [1.82, 2.24) is 0 Å². The first-order valence-electron chi connectivity index (χ1n) is 7.34. The van der Waals surface area contributed by atoms with Crippen LogP contribution in [0.1, 0.15) is 32.3 Å². The zero-order chi connectivity index (χ0) is 13.8. The van der Waals surface area contributed by atoms with E-state index in [-0.39, 0.29) is 12.1 Å². The maximum absolute atomic E-state index is 6.03. The minimum Gasteiger partial charge on any atom is -0.373 e. The topological polar surface area (TPSA) is 38.5 Å². The van der Waals surface area contributed by atoms with Gasteiger partial charge in [-0.1, -0.05) is 12.1 Å². The summed E-state index contributed by atoms with van der Waals surface area (Å²) in [6.07, 6.45) is 2.90. The molecule has 0 aliphatic carbocycles. The highest BCUT2D eigenvalue weighted by Crippen LogP contribution is 2.27. The molecule has 106 valence electrons. The van der Waals surface area contributed by atoms with Crippen LogP contribution in [0.3, 0.4) is 0 Å². The summed E-state index contributed by atoms with van der Waals surface area (Å²) in [4.78, 5) is 2.38. The summed E-state index contributed by atoms with van der Waals surface area (Å²) in [5, 5.41) is 0. The number of hydrogen-bond acceptors (Lipinski definition) is 3. The van der Waals surface area contributed by atoms with Crippen molar-refractivity contribution in [3.8, 4) is 0 Å². The van der Waals surface area contributed by atoms with Crippen LogP contribution in [0.4, 0.5) is 5.69 Å². The van der Waals surface area contributed by atoms with E-state index in [1.54, 1.807) is 0 Å². The second-order valence-corrected chi connectivity index (χ2v) is 5.49. The monoisotopic (exact) mass is 262 g/mol. The second-order valence-electron chi connectivity index (χ2n) is 5.49. The molecule has 1 fully saturated rings. The largest absolute Gasteiger partial charge is 0.373 e. The number of likely N-dealkylation sites (N-methyl/N-ethyl adjacent to an activating group) is 1. The van der Waals surface area contributed by atoms with Gasteiger partial charge in [0, 0.05) is 18.8 Å². The third-order valence-electron chi connectivity index (χ3n) is 4.01. The number of nitrogens with zero attached hydrogens (tertiary/aromatic N) is 1. The van der Waals surface area contributed by atoms with E-state index in [1.807, 2.05) is 0 Å². The van der Waals surface area contributed by atoms with Gasteiger partial charge < -0.3 is 15.4 Å². The van der Waals surface area contributed by atoms with Gasteiger partial charge in [0.2, 0.25) is 0 Å². The lowest BCUT2D eigenvalue weighted by molar-refractivity contribution is 0.0403. The molecule has 1 aromatic carbocycles. The van der Waals surface area contributed by atoms with Crippen molar-refractivity contribution in [1.29, 1.82) is 0 Å². The quantitative estimate of drug-likeness (QED) is 0.886. The molecule has 1 aliphatic heterocycles. The van der Waals surface area contributed by atoms with E-state index in [0.717, 1.165) is 19.4 Å². The minimum atomic E-state index is 0.264. The zero-order valence-corrected chi connectivity index (χ0v) is 12.3. The molecule has 2 rings (SSSR count). The van der Waals surface area contributed by atoms with E-state index in [1.165, 1.54) is 11.3 Å². The van der Waals surface area contributed by atoms with Gasteiger partial charge in [0.05, 0.1) is 18.2 Å². The molecular formula is C16H26N2O. The summed E-state index contributed by atoms with van der Waals surface area (Å²) >= 11 is 0. The Morgan fingerprint density at radius 2 is 2.21 bits per heavy atom. The Bertz CT molecular complexity index is 407. The molecule has 3 heteroatoms. The van der Waals surface area contributed by atoms with Crippen LogP contribution in [-0.4, -0.2) is 31.3 Å². The van der Waals surface area contributed by atoms with E-state index >= 15 is 0 Å². The summed E-state index contributed by atoms with van der Waals surface area (Å²) in [6, 6.07) is 8.90. The van der Waals surface area contributed by atoms with Gasteiger partial charge in [0.25, 0.3) is 0 Å². The number of benzene rings is 1. The molecule has 0 saturated carbocycles. The molecule has 1 aromatic rings. The van der Waals surface area contributed by atoms with Gasteiger partial charge in [-0.15, -0.1) is 0 Å². The Morgan fingerprint density at radius 1 is 1.42 bits per heavy atom. The first-order valence-corrected chi connectivity index (χ1v) is 7.34. The van der Waals surface area contributed by atoms with E-state index in [4.69, 9.17) is 10.5 Å². The molecule has 1 saturated heterocycles. The molecule has 0 aromatic heterocycles. The molecule has 0 radical (unpaired) electrons. The van der Waals surface area contributed by atoms with Crippen LogP contribution in [0.25, 0.3) is 0 Å². The molecule has 19 heavy (non-hydrogen) atoms. The highest BCUT2D eigenvalue weighted by molar-refractivity contribution is 5.49. The van der Waals surface area contributed by atoms with Crippen LogP contribution in [0.15, 0.2) is 24.3 Å². The van der Waals surface area contributed by atoms with E-state index < -0.39 is 0 Å². The smallest absolute Gasteiger partial charge is 0.0795 e. The first kappa shape index (κ1) is 14.4. The van der Waals surface area contributed by atoms with Crippen LogP contribution in [0.5, 0.6) is 0 Å². The summed E-state index contributed by atoms with van der Waals surface area (Å²) in [5.74, 6) is 0. The van der Waals surface area contributed by atoms with Crippen molar-refractivity contribution in [2.75, 3.05) is 18.0 Å². The molecule has 3 atom stereocenters. The van der Waals surface area contributed by atoms with Crippen LogP contribution < -0.4 is 10.6 Å². The van der Waals surface area contributed by atoms with Gasteiger partial charge in [-0.05, 0) is 51.3 Å². The predicted molar refractivity (Wildman–Crippen MR) is 80.6 cm³/mol. The second kappa shape index (κ2) is 6.40. The molecule has 0 spiro atoms. The SMILES string of the molecule is CCN(c1cccc(C)c1)C(CN)C1CCC(C)O1. The van der Waals surface area contributed by atoms with Gasteiger partial charge in [0.1, 0.15) is 0 Å². The third-order valence-corrected chi connectivity index (χ3v) is 4.01. The standard InChI is InChI=1S/C16H26N2O/c1-4-18(14-7-5-6-12(2)10-14)15(11-17)16-9-8-13(3)19-16/h5-7,10,13,15-16H,4,8-9,11,17H2,1-3H3. The van der Waals surface area contributed by atoms with Crippen molar-refractivity contribution in [3.05, 3.63) is 29.8 Å². The number of ether oxygens (including phenoxy) is 1. The average molecular weight is 262 g/mol. The molecule has 0 bridgehead atoms. The van der Waals surface area contributed by atoms with Crippen molar-refractivity contribution >= 4 is 5.69 Å². The highest BCUT2D eigenvalue weighted by Gasteiger charge is 2.32. The minimum absolute atomic E-state index is 0.264. The number of anilines is 1. The molecule has 0 amide bonds. The number of nitrogens with two attached hydrogens (primary N) is 1. The fourth-order valence-electron chi connectivity index (χ4n) is 3.01. The Kier molecular flexibility index (Phi) is 4.83. The average Bonchev–Trinajstić information content (AvgIpc) is 2.82. The molecule has 1 heterocycles. The maximum atomic E-state index is 6.03. The third kappa shape index (κ3) is 3.28. The Labute approximate surface area is 116 Å². The fourth-order valence-corrected chi connectivity index (χ4v) is 3.01. The Balaban J connectivity index is 2.19. The van der Waals surface area contributed by atoms with Crippen molar-refractivity contribution < 1.29 is 4.74 Å². The van der Waals surface area contributed by atoms with Gasteiger partial charge in [0.15, 0.2) is 0 Å².